The fraction of sp³-hybridized carbons (Fsp3) is 0.500. The molecule has 116 valence electrons. The summed E-state index contributed by atoms with van der Waals surface area (Å²) in [6, 6.07) is 2.04. The van der Waals surface area contributed by atoms with Crippen LogP contribution >= 0.6 is 0 Å². The van der Waals surface area contributed by atoms with Crippen LogP contribution in [-0.4, -0.2) is 34.5 Å². The van der Waals surface area contributed by atoms with E-state index in [1.54, 1.807) is 17.9 Å². The average Bonchev–Trinajstić information content (AvgIpc) is 2.44. The Hall–Kier alpha value is -2.31. The Labute approximate surface area is 123 Å². The minimum Gasteiger partial charge on any atom is -0.368 e. The van der Waals surface area contributed by atoms with Crippen molar-refractivity contribution in [1.82, 2.24) is 9.47 Å². The lowest BCUT2D eigenvalue weighted by Gasteiger charge is -2.20. The second kappa shape index (κ2) is 7.47. The van der Waals surface area contributed by atoms with Crippen molar-refractivity contribution in [2.75, 3.05) is 18.4 Å². The first-order chi connectivity index (χ1) is 9.96. The molecule has 0 aromatic carbocycles. The van der Waals surface area contributed by atoms with Crippen molar-refractivity contribution < 1.29 is 9.59 Å². The Morgan fingerprint density at radius 1 is 1.33 bits per heavy atom. The van der Waals surface area contributed by atoms with E-state index in [4.69, 9.17) is 5.73 Å². The van der Waals surface area contributed by atoms with Crippen molar-refractivity contribution >= 4 is 17.6 Å². The van der Waals surface area contributed by atoms with E-state index in [1.165, 1.54) is 16.8 Å². The van der Waals surface area contributed by atoms with Gasteiger partial charge in [0.25, 0.3) is 5.56 Å². The second-order valence-corrected chi connectivity index (χ2v) is 4.56. The van der Waals surface area contributed by atoms with Crippen LogP contribution in [0.5, 0.6) is 0 Å². The SMILES string of the molecule is CCC(C(N)=O)n1cccc(NC(=O)N(CC)CC)c1=O. The lowest BCUT2D eigenvalue weighted by molar-refractivity contribution is -0.121. The zero-order valence-electron chi connectivity index (χ0n) is 12.6. The van der Waals surface area contributed by atoms with Gasteiger partial charge >= 0.3 is 6.03 Å². The number of primary amides is 1. The number of hydrogen-bond donors (Lipinski definition) is 2. The topological polar surface area (TPSA) is 97.4 Å². The number of carbonyl (C=O) groups excluding carboxylic acids is 2. The van der Waals surface area contributed by atoms with Gasteiger partial charge < -0.3 is 20.5 Å². The van der Waals surface area contributed by atoms with Crippen molar-refractivity contribution in [2.24, 2.45) is 5.73 Å². The summed E-state index contributed by atoms with van der Waals surface area (Å²) in [7, 11) is 0. The number of amides is 3. The molecule has 3 amide bonds. The van der Waals surface area contributed by atoms with Crippen molar-refractivity contribution in [3.63, 3.8) is 0 Å². The number of hydrogen-bond acceptors (Lipinski definition) is 3. The van der Waals surface area contributed by atoms with Crippen LogP contribution in [0.15, 0.2) is 23.1 Å². The molecule has 0 aliphatic heterocycles. The Kier molecular flexibility index (Phi) is 5.95. The summed E-state index contributed by atoms with van der Waals surface area (Å²) in [6.07, 6.45) is 1.90. The van der Waals surface area contributed by atoms with Gasteiger partial charge in [0.15, 0.2) is 0 Å². The fourth-order valence-electron chi connectivity index (χ4n) is 2.09. The third kappa shape index (κ3) is 3.84. The molecule has 3 N–H and O–H groups in total. The van der Waals surface area contributed by atoms with E-state index in [-0.39, 0.29) is 11.7 Å². The third-order valence-corrected chi connectivity index (χ3v) is 3.32. The van der Waals surface area contributed by atoms with Gasteiger partial charge in [-0.2, -0.15) is 0 Å². The molecule has 0 fully saturated rings. The smallest absolute Gasteiger partial charge is 0.321 e. The number of nitrogens with one attached hydrogen (secondary N) is 1. The molecule has 0 spiro atoms. The number of nitrogens with two attached hydrogens (primary N) is 1. The molecule has 1 rings (SSSR count). The van der Waals surface area contributed by atoms with Gasteiger partial charge in [-0.25, -0.2) is 4.79 Å². The molecule has 1 aromatic heterocycles. The van der Waals surface area contributed by atoms with Crippen molar-refractivity contribution in [1.29, 1.82) is 0 Å². The first-order valence-corrected chi connectivity index (χ1v) is 7.02. The number of rotatable bonds is 6. The minimum absolute atomic E-state index is 0.133. The summed E-state index contributed by atoms with van der Waals surface area (Å²) in [4.78, 5) is 37.3. The number of nitrogens with zero attached hydrogens (tertiary/aromatic N) is 2. The van der Waals surface area contributed by atoms with Gasteiger partial charge in [-0.15, -0.1) is 0 Å². The molecule has 21 heavy (non-hydrogen) atoms. The first kappa shape index (κ1) is 16.7. The Balaban J connectivity index is 3.09. The summed E-state index contributed by atoms with van der Waals surface area (Å²) in [6.45, 7) is 6.56. The minimum atomic E-state index is -0.720. The van der Waals surface area contributed by atoms with Gasteiger partial charge in [0.05, 0.1) is 0 Å². The highest BCUT2D eigenvalue weighted by molar-refractivity contribution is 5.89. The first-order valence-electron chi connectivity index (χ1n) is 7.02. The number of urea groups is 1. The molecule has 1 aromatic rings. The molecule has 0 bridgehead atoms. The number of pyridine rings is 1. The predicted molar refractivity (Wildman–Crippen MR) is 81.2 cm³/mol. The quantitative estimate of drug-likeness (QED) is 0.823. The van der Waals surface area contributed by atoms with Crippen LogP contribution in [0.4, 0.5) is 10.5 Å². The summed E-state index contributed by atoms with van der Waals surface area (Å²) in [5.41, 5.74) is 4.99. The van der Waals surface area contributed by atoms with E-state index in [1.807, 2.05) is 13.8 Å². The molecule has 1 heterocycles. The Morgan fingerprint density at radius 2 is 1.95 bits per heavy atom. The number of aromatic nitrogens is 1. The summed E-state index contributed by atoms with van der Waals surface area (Å²) >= 11 is 0. The largest absolute Gasteiger partial charge is 0.368 e. The zero-order chi connectivity index (χ0) is 16.0. The summed E-state index contributed by atoms with van der Waals surface area (Å²) in [5.74, 6) is -0.577. The molecule has 1 unspecified atom stereocenters. The van der Waals surface area contributed by atoms with Gasteiger partial charge in [0, 0.05) is 19.3 Å². The fourth-order valence-corrected chi connectivity index (χ4v) is 2.09. The van der Waals surface area contributed by atoms with E-state index in [0.29, 0.717) is 19.5 Å². The highest BCUT2D eigenvalue weighted by atomic mass is 16.2. The lowest BCUT2D eigenvalue weighted by atomic mass is 10.2. The van der Waals surface area contributed by atoms with Crippen LogP contribution in [0, 0.1) is 0 Å². The van der Waals surface area contributed by atoms with E-state index in [0.717, 1.165) is 0 Å². The van der Waals surface area contributed by atoms with Crippen LogP contribution in [0.2, 0.25) is 0 Å². The van der Waals surface area contributed by atoms with Gasteiger partial charge in [-0.3, -0.25) is 9.59 Å². The molecular formula is C14H22N4O3. The van der Waals surface area contributed by atoms with Crippen LogP contribution in [0.3, 0.4) is 0 Å². The maximum Gasteiger partial charge on any atom is 0.321 e. The number of carbonyl (C=O) groups is 2. The van der Waals surface area contributed by atoms with Crippen LogP contribution in [0.1, 0.15) is 33.2 Å². The summed E-state index contributed by atoms with van der Waals surface area (Å²) in [5, 5.41) is 2.57. The van der Waals surface area contributed by atoms with Gasteiger partial charge in [-0.05, 0) is 32.4 Å². The van der Waals surface area contributed by atoms with Crippen LogP contribution < -0.4 is 16.6 Å². The Morgan fingerprint density at radius 3 is 2.43 bits per heavy atom. The molecule has 0 radical (unpaired) electrons. The lowest BCUT2D eigenvalue weighted by Crippen LogP contribution is -2.38. The van der Waals surface area contributed by atoms with E-state index >= 15 is 0 Å². The molecule has 7 heteroatoms. The monoisotopic (exact) mass is 294 g/mol. The molecule has 0 saturated heterocycles. The normalized spacial score (nSPS) is 11.8. The van der Waals surface area contributed by atoms with E-state index < -0.39 is 17.5 Å². The van der Waals surface area contributed by atoms with Crippen molar-refractivity contribution in [3.05, 3.63) is 28.7 Å². The molecular weight excluding hydrogens is 272 g/mol. The standard InChI is InChI=1S/C14H22N4O3/c1-4-11(12(15)19)18-9-7-8-10(13(18)20)16-14(21)17(5-2)6-3/h7-9,11H,4-6H2,1-3H3,(H2,15,19)(H,16,21). The third-order valence-electron chi connectivity index (χ3n) is 3.32. The Bertz CT molecular complexity index is 564. The van der Waals surface area contributed by atoms with Crippen molar-refractivity contribution in [3.8, 4) is 0 Å². The highest BCUT2D eigenvalue weighted by Gasteiger charge is 2.18. The van der Waals surface area contributed by atoms with Gasteiger partial charge in [0.1, 0.15) is 11.7 Å². The van der Waals surface area contributed by atoms with Crippen LogP contribution in [0.25, 0.3) is 0 Å². The molecule has 1 atom stereocenters. The van der Waals surface area contributed by atoms with E-state index in [9.17, 15) is 14.4 Å². The highest BCUT2D eigenvalue weighted by Crippen LogP contribution is 2.10. The van der Waals surface area contributed by atoms with Gasteiger partial charge in [-0.1, -0.05) is 6.92 Å². The zero-order valence-corrected chi connectivity index (χ0v) is 12.6. The molecule has 0 aliphatic carbocycles. The molecule has 0 aliphatic rings. The maximum absolute atomic E-state index is 12.3. The molecule has 0 saturated carbocycles. The average molecular weight is 294 g/mol. The molecule has 7 nitrogen and oxygen atoms in total. The number of anilines is 1. The van der Waals surface area contributed by atoms with Gasteiger partial charge in [0.2, 0.25) is 5.91 Å². The van der Waals surface area contributed by atoms with E-state index in [2.05, 4.69) is 5.32 Å². The predicted octanol–water partition coefficient (Wildman–Crippen LogP) is 1.16. The van der Waals surface area contributed by atoms with Crippen molar-refractivity contribution in [2.45, 2.75) is 33.2 Å². The van der Waals surface area contributed by atoms with Crippen LogP contribution in [-0.2, 0) is 4.79 Å². The maximum atomic E-state index is 12.3. The summed E-state index contributed by atoms with van der Waals surface area (Å²) < 4.78 is 1.25. The second-order valence-electron chi connectivity index (χ2n) is 4.56.